The van der Waals surface area contributed by atoms with Gasteiger partial charge in [-0.15, -0.1) is 21.9 Å². The van der Waals surface area contributed by atoms with Crippen molar-refractivity contribution in [2.45, 2.75) is 6.54 Å². The fraction of sp³-hybridized carbons (Fsp3) is 0.0526. The Bertz CT molecular complexity index is 2530. The second-order valence-electron chi connectivity index (χ2n) is 12.6. The lowest BCUT2D eigenvalue weighted by Gasteiger charge is -2.44. The van der Waals surface area contributed by atoms with E-state index in [1.807, 2.05) is 24.3 Å². The summed E-state index contributed by atoms with van der Waals surface area (Å²) < 4.78 is 301. The molecule has 0 bridgehead atoms. The Kier molecular flexibility index (Phi) is 13.7. The van der Waals surface area contributed by atoms with Crippen molar-refractivity contribution in [1.82, 2.24) is 4.98 Å². The Balaban J connectivity index is 0.000000337. The molecular weight excluding hydrogens is 921 g/mol. The van der Waals surface area contributed by atoms with Crippen LogP contribution in [-0.2, 0) is 6.54 Å². The first-order valence-corrected chi connectivity index (χ1v) is 16.7. The normalized spacial score (nSPS) is 11.3. The Labute approximate surface area is 341 Å². The van der Waals surface area contributed by atoms with E-state index >= 15 is 35.1 Å². The number of nitriles is 1. The number of halogens is 20. The van der Waals surface area contributed by atoms with Gasteiger partial charge in [-0.05, 0) is 0 Å². The molecule has 1 heterocycles. The van der Waals surface area contributed by atoms with Crippen LogP contribution in [0.25, 0.3) is 0 Å². The Morgan fingerprint density at radius 3 is 1.09 bits per heavy atom. The number of ketones is 1. The van der Waals surface area contributed by atoms with E-state index in [1.54, 1.807) is 29.1 Å². The van der Waals surface area contributed by atoms with Gasteiger partial charge >= 0.3 is 5.88 Å². The van der Waals surface area contributed by atoms with Gasteiger partial charge in [0.05, 0.1) is 6.20 Å². The van der Waals surface area contributed by atoms with Gasteiger partial charge in [-0.1, -0.05) is 30.3 Å². The topological polar surface area (TPSA) is 66.9 Å². The molecule has 6 rings (SSSR count). The van der Waals surface area contributed by atoms with Crippen LogP contribution in [0.15, 0.2) is 48.9 Å². The molecule has 0 saturated carbocycles. The molecule has 0 fully saturated rings. The van der Waals surface area contributed by atoms with Crippen molar-refractivity contribution >= 4 is 33.8 Å². The number of nitrogens with zero attached hydrogens (tertiary/aromatic N) is 3. The summed E-state index contributed by atoms with van der Waals surface area (Å²) in [5.41, 5.74) is -13.7. The van der Waals surface area contributed by atoms with Gasteiger partial charge in [-0.3, -0.25) is 4.79 Å². The highest BCUT2D eigenvalue weighted by Crippen LogP contribution is 2.30. The molecule has 5 aromatic carbocycles. The van der Waals surface area contributed by atoms with Crippen LogP contribution >= 0.6 is 0 Å². The summed E-state index contributed by atoms with van der Waals surface area (Å²) in [6.45, 7) is 0.0680. The first-order valence-electron chi connectivity index (χ1n) is 16.7. The number of Topliss-reactive ketones (excluding diaryl/α,β-unsaturated/α-hetero) is 1. The number of ether oxygens (including phenoxy) is 1. The van der Waals surface area contributed by atoms with Crippen LogP contribution in [0.5, 0.6) is 5.88 Å². The van der Waals surface area contributed by atoms with Crippen LogP contribution in [0.1, 0.15) is 10.4 Å². The van der Waals surface area contributed by atoms with E-state index in [1.165, 1.54) is 6.20 Å². The van der Waals surface area contributed by atoms with Crippen LogP contribution in [-0.4, -0.2) is 23.5 Å². The van der Waals surface area contributed by atoms with Gasteiger partial charge in [0.15, 0.2) is 82.6 Å². The average Bonchev–Trinajstić information content (AvgIpc) is 3.29. The van der Waals surface area contributed by atoms with Crippen LogP contribution < -0.4 is 31.2 Å². The van der Waals surface area contributed by atoms with Gasteiger partial charge in [0.2, 0.25) is 12.3 Å². The molecule has 0 radical (unpaired) electrons. The highest BCUT2D eigenvalue weighted by atomic mass is 19.2. The van der Waals surface area contributed by atoms with Crippen molar-refractivity contribution in [1.29, 1.82) is 5.26 Å². The maximum atomic E-state index is 15.4. The Morgan fingerprint density at radius 2 is 0.797 bits per heavy atom. The fourth-order valence-electron chi connectivity index (χ4n) is 6.47. The van der Waals surface area contributed by atoms with E-state index in [0.29, 0.717) is 11.4 Å². The van der Waals surface area contributed by atoms with E-state index in [-0.39, 0.29) is 18.9 Å². The lowest BCUT2D eigenvalue weighted by atomic mass is 9.12. The van der Waals surface area contributed by atoms with E-state index in [9.17, 15) is 57.5 Å². The SMILES string of the molecule is Fc1c(F)c(F)c([B-](c2c(F)c(F)c(F)c(F)c2F)(c2c(F)c(F)c(F)c(F)c2F)c2c(F)c(F)c(F)c(F)c2F)c(F)c1F.N#CCOc1cncc[n+]1CC(=O)c1ccccc1. The molecule has 0 spiro atoms. The van der Waals surface area contributed by atoms with Crippen LogP contribution in [0.4, 0.5) is 87.8 Å². The standard InChI is InChI=1S/C24BF20.C14H12N3O2/c26-5-1(6(27)14(35)21(42)13(5)34)25(2-7(28)15(36)22(43)16(37)8(2)29,3-9(30)17(38)23(44)18(39)10(3)31)4-11(32)19(40)24(45)20(41)12(4)33;15-6-9-19-14-10-16-7-8-17(14)11-13(18)12-4-2-1-3-5-12/h;1-5,7-8,10H,9,11H2/q-1;+1. The number of benzene rings is 5. The smallest absolute Gasteiger partial charge is 0.388 e. The monoisotopic (exact) mass is 933 g/mol. The molecule has 0 unspecified atom stereocenters. The minimum Gasteiger partial charge on any atom is -0.428 e. The lowest BCUT2D eigenvalue weighted by Crippen LogP contribution is -2.81. The molecule has 1 aromatic heterocycles. The highest BCUT2D eigenvalue weighted by molar-refractivity contribution is 7.20. The van der Waals surface area contributed by atoms with E-state index in [2.05, 4.69) is 4.98 Å². The molecule has 5 nitrogen and oxygen atoms in total. The number of hydrogen-bond donors (Lipinski definition) is 0. The van der Waals surface area contributed by atoms with Crippen molar-refractivity contribution in [3.8, 4) is 11.9 Å². The van der Waals surface area contributed by atoms with Crippen LogP contribution in [0.3, 0.4) is 0 Å². The molecule has 26 heteroatoms. The zero-order valence-corrected chi connectivity index (χ0v) is 30.3. The van der Waals surface area contributed by atoms with E-state index < -0.39 is 144 Å². The minimum atomic E-state index is -7.22. The third-order valence-electron chi connectivity index (χ3n) is 9.20. The molecule has 64 heavy (non-hydrogen) atoms. The zero-order chi connectivity index (χ0) is 47.9. The summed E-state index contributed by atoms with van der Waals surface area (Å²) in [4.78, 5) is 16.0. The largest absolute Gasteiger partial charge is 0.428 e. The molecule has 0 atom stereocenters. The number of aromatic nitrogens is 2. The first-order chi connectivity index (χ1) is 30.0. The quantitative estimate of drug-likeness (QED) is 0.0392. The maximum absolute atomic E-state index is 15.4. The molecule has 334 valence electrons. The van der Waals surface area contributed by atoms with Crippen LogP contribution in [0, 0.1) is 128 Å². The second-order valence-corrected chi connectivity index (χ2v) is 12.6. The summed E-state index contributed by atoms with van der Waals surface area (Å²) in [5, 5.41) is 8.51. The van der Waals surface area contributed by atoms with E-state index in [0.717, 1.165) is 0 Å². The summed E-state index contributed by atoms with van der Waals surface area (Å²) in [7, 11) is 0. The number of carbonyl (C=O) groups excluding carboxylic acids is 1. The molecular formula is C38H12BF20N3O2. The third kappa shape index (κ3) is 7.67. The molecule has 0 aliphatic rings. The number of carbonyl (C=O) groups is 1. The van der Waals surface area contributed by atoms with Gasteiger partial charge < -0.3 is 4.74 Å². The Hall–Kier alpha value is -7.20. The summed E-state index contributed by atoms with van der Waals surface area (Å²) in [6.07, 6.45) is -2.52. The maximum Gasteiger partial charge on any atom is 0.388 e. The lowest BCUT2D eigenvalue weighted by molar-refractivity contribution is -0.688. The fourth-order valence-corrected chi connectivity index (χ4v) is 6.47. The predicted molar refractivity (Wildman–Crippen MR) is 176 cm³/mol. The van der Waals surface area contributed by atoms with Crippen LogP contribution in [0.2, 0.25) is 0 Å². The molecule has 0 aliphatic carbocycles. The summed E-state index contributed by atoms with van der Waals surface area (Å²) in [5.74, 6) is -71.0. The molecule has 6 aromatic rings. The molecule has 0 N–H and O–H groups in total. The van der Waals surface area contributed by atoms with Crippen molar-refractivity contribution in [3.63, 3.8) is 0 Å². The second kappa shape index (κ2) is 18.3. The zero-order valence-electron chi connectivity index (χ0n) is 30.3. The summed E-state index contributed by atoms with van der Waals surface area (Å²) in [6, 6.07) is 10.9. The average molecular weight is 933 g/mol. The third-order valence-corrected chi connectivity index (χ3v) is 9.20. The van der Waals surface area contributed by atoms with Crippen molar-refractivity contribution in [2.75, 3.05) is 6.61 Å². The first kappa shape index (κ1) is 47.8. The highest BCUT2D eigenvalue weighted by Gasteiger charge is 2.52. The number of rotatable bonds is 9. The van der Waals surface area contributed by atoms with Gasteiger partial charge in [0, 0.05) is 5.56 Å². The van der Waals surface area contributed by atoms with Gasteiger partial charge in [0.25, 0.3) is 0 Å². The predicted octanol–water partition coefficient (Wildman–Crippen LogP) is 7.00. The summed E-state index contributed by atoms with van der Waals surface area (Å²) >= 11 is 0. The molecule has 0 amide bonds. The molecule has 0 saturated heterocycles. The van der Waals surface area contributed by atoms with Gasteiger partial charge in [0.1, 0.15) is 64.9 Å². The van der Waals surface area contributed by atoms with E-state index in [4.69, 9.17) is 10.00 Å². The Morgan fingerprint density at radius 1 is 0.500 bits per heavy atom. The van der Waals surface area contributed by atoms with Gasteiger partial charge in [-0.2, -0.15) is 9.83 Å². The molecule has 0 aliphatic heterocycles. The van der Waals surface area contributed by atoms with Crippen molar-refractivity contribution in [2.24, 2.45) is 0 Å². The minimum absolute atomic E-state index is 0.0291. The van der Waals surface area contributed by atoms with Crippen molar-refractivity contribution < 1.29 is 102 Å². The van der Waals surface area contributed by atoms with Crippen molar-refractivity contribution in [3.05, 3.63) is 171 Å². The number of hydrogen-bond acceptors (Lipinski definition) is 4. The van der Waals surface area contributed by atoms with Gasteiger partial charge in [-0.25, -0.2) is 92.8 Å².